The molecule has 0 heterocycles. The van der Waals surface area contributed by atoms with Crippen LogP contribution >= 0.6 is 31.9 Å². The topological polar surface area (TPSA) is 43.4 Å². The van der Waals surface area contributed by atoms with E-state index in [4.69, 9.17) is 4.74 Å². The van der Waals surface area contributed by atoms with Gasteiger partial charge in [-0.05, 0) is 24.6 Å². The average molecular weight is 350 g/mol. The maximum Gasteiger partial charge on any atom is 0.310 e. The number of carbonyl (C=O) groups excluding carboxylic acids is 2. The standard InChI is InChI=1S/C11H10Br2O3/c1-2-16-11(15)5-7-8(6-14)10(13)4-3-9(7)12/h3-4,6H,2,5H2,1H3. The van der Waals surface area contributed by atoms with Crippen molar-refractivity contribution < 1.29 is 14.3 Å². The third kappa shape index (κ3) is 3.15. The van der Waals surface area contributed by atoms with Gasteiger partial charge in [-0.25, -0.2) is 0 Å². The number of benzene rings is 1. The third-order valence-electron chi connectivity index (χ3n) is 1.99. The van der Waals surface area contributed by atoms with Crippen molar-refractivity contribution >= 4 is 44.1 Å². The molecule has 5 heteroatoms. The molecule has 0 amide bonds. The molecule has 0 radical (unpaired) electrons. The minimum atomic E-state index is -0.343. The molecule has 0 atom stereocenters. The van der Waals surface area contributed by atoms with Gasteiger partial charge >= 0.3 is 5.97 Å². The molecule has 0 aliphatic heterocycles. The summed E-state index contributed by atoms with van der Waals surface area (Å²) < 4.78 is 6.25. The number of ether oxygens (including phenoxy) is 1. The van der Waals surface area contributed by atoms with Gasteiger partial charge in [-0.3, -0.25) is 9.59 Å². The van der Waals surface area contributed by atoms with Crippen molar-refractivity contribution in [2.24, 2.45) is 0 Å². The van der Waals surface area contributed by atoms with Gasteiger partial charge in [0.05, 0.1) is 13.0 Å². The van der Waals surface area contributed by atoms with Gasteiger partial charge in [0.2, 0.25) is 0 Å². The Kier molecular flexibility index (Phi) is 5.15. The first-order valence-corrected chi connectivity index (χ1v) is 6.26. The highest BCUT2D eigenvalue weighted by Crippen LogP contribution is 2.27. The Morgan fingerprint density at radius 1 is 1.38 bits per heavy atom. The number of esters is 1. The Labute approximate surface area is 110 Å². The summed E-state index contributed by atoms with van der Waals surface area (Å²) in [5.41, 5.74) is 1.12. The van der Waals surface area contributed by atoms with Crippen LogP contribution in [0.25, 0.3) is 0 Å². The Hall–Kier alpha value is -0.680. The molecule has 3 nitrogen and oxygen atoms in total. The summed E-state index contributed by atoms with van der Waals surface area (Å²) in [6.07, 6.45) is 0.811. The summed E-state index contributed by atoms with van der Waals surface area (Å²) in [6.45, 7) is 2.08. The Morgan fingerprint density at radius 2 is 2.00 bits per heavy atom. The molecule has 0 saturated carbocycles. The minimum absolute atomic E-state index is 0.0853. The van der Waals surface area contributed by atoms with Crippen LogP contribution in [-0.2, 0) is 16.0 Å². The summed E-state index contributed by atoms with van der Waals surface area (Å²) in [4.78, 5) is 22.3. The van der Waals surface area contributed by atoms with Gasteiger partial charge in [-0.1, -0.05) is 31.9 Å². The molecule has 0 spiro atoms. The summed E-state index contributed by atoms with van der Waals surface area (Å²) >= 11 is 6.58. The lowest BCUT2D eigenvalue weighted by Crippen LogP contribution is -2.10. The molecule has 0 unspecified atom stereocenters. The molecular formula is C11H10Br2O3. The smallest absolute Gasteiger partial charge is 0.310 e. The molecule has 0 aliphatic carbocycles. The number of aldehydes is 1. The first kappa shape index (κ1) is 13.4. The highest BCUT2D eigenvalue weighted by molar-refractivity contribution is 9.11. The number of halogens is 2. The molecule has 0 aromatic heterocycles. The van der Waals surface area contributed by atoms with Crippen molar-refractivity contribution in [2.45, 2.75) is 13.3 Å². The zero-order chi connectivity index (χ0) is 12.1. The van der Waals surface area contributed by atoms with Crippen LogP contribution in [0.1, 0.15) is 22.8 Å². The number of carbonyl (C=O) groups is 2. The van der Waals surface area contributed by atoms with E-state index in [1.54, 1.807) is 19.1 Å². The van der Waals surface area contributed by atoms with Crippen LogP contribution in [0.15, 0.2) is 21.1 Å². The maximum absolute atomic E-state index is 11.4. The van der Waals surface area contributed by atoms with Crippen LogP contribution in [0, 0.1) is 0 Å². The lowest BCUT2D eigenvalue weighted by Gasteiger charge is -2.08. The van der Waals surface area contributed by atoms with E-state index in [2.05, 4.69) is 31.9 Å². The highest BCUT2D eigenvalue weighted by atomic mass is 79.9. The van der Waals surface area contributed by atoms with E-state index in [0.29, 0.717) is 22.2 Å². The molecule has 1 aromatic rings. The van der Waals surface area contributed by atoms with Crippen molar-refractivity contribution in [3.63, 3.8) is 0 Å². The molecule has 86 valence electrons. The van der Waals surface area contributed by atoms with Gasteiger partial charge < -0.3 is 4.74 Å². The van der Waals surface area contributed by atoms with Crippen LogP contribution in [0.3, 0.4) is 0 Å². The fourth-order valence-corrected chi connectivity index (χ4v) is 2.22. The van der Waals surface area contributed by atoms with Crippen molar-refractivity contribution in [2.75, 3.05) is 6.61 Å². The predicted molar refractivity (Wildman–Crippen MR) is 67.6 cm³/mol. The van der Waals surface area contributed by atoms with Crippen molar-refractivity contribution in [1.29, 1.82) is 0 Å². The fraction of sp³-hybridized carbons (Fsp3) is 0.273. The normalized spacial score (nSPS) is 9.94. The van der Waals surface area contributed by atoms with Crippen LogP contribution < -0.4 is 0 Å². The van der Waals surface area contributed by atoms with Crippen LogP contribution in [-0.4, -0.2) is 18.9 Å². The number of hydrogen-bond acceptors (Lipinski definition) is 3. The fourth-order valence-electron chi connectivity index (χ4n) is 1.27. The molecule has 1 aromatic carbocycles. The zero-order valence-corrected chi connectivity index (χ0v) is 11.8. The Bertz CT molecular complexity index is 416. The quantitative estimate of drug-likeness (QED) is 0.619. The van der Waals surface area contributed by atoms with Crippen LogP contribution in [0.5, 0.6) is 0 Å². The molecule has 0 N–H and O–H groups in total. The van der Waals surface area contributed by atoms with Gasteiger partial charge in [0.15, 0.2) is 6.29 Å². The second-order valence-electron chi connectivity index (χ2n) is 3.02. The lowest BCUT2D eigenvalue weighted by molar-refractivity contribution is -0.142. The average Bonchev–Trinajstić information content (AvgIpc) is 2.24. The van der Waals surface area contributed by atoms with Crippen LogP contribution in [0.4, 0.5) is 0 Å². The molecule has 0 saturated heterocycles. The highest BCUT2D eigenvalue weighted by Gasteiger charge is 2.14. The van der Waals surface area contributed by atoms with E-state index < -0.39 is 0 Å². The first-order chi connectivity index (χ1) is 7.60. The summed E-state index contributed by atoms with van der Waals surface area (Å²) in [5, 5.41) is 0. The van der Waals surface area contributed by atoms with Gasteiger partial charge in [0.25, 0.3) is 0 Å². The summed E-state index contributed by atoms with van der Waals surface area (Å²) in [7, 11) is 0. The van der Waals surface area contributed by atoms with Crippen molar-refractivity contribution in [3.05, 3.63) is 32.2 Å². The van der Waals surface area contributed by atoms with Gasteiger partial charge in [-0.15, -0.1) is 0 Å². The second-order valence-corrected chi connectivity index (χ2v) is 4.73. The van der Waals surface area contributed by atoms with E-state index >= 15 is 0 Å². The van der Waals surface area contributed by atoms with E-state index in [0.717, 1.165) is 10.8 Å². The van der Waals surface area contributed by atoms with E-state index in [1.807, 2.05) is 0 Å². The third-order valence-corrected chi connectivity index (χ3v) is 3.43. The molecular weight excluding hydrogens is 340 g/mol. The van der Waals surface area contributed by atoms with Gasteiger partial charge in [0.1, 0.15) is 0 Å². The summed E-state index contributed by atoms with van der Waals surface area (Å²) in [5.74, 6) is -0.343. The van der Waals surface area contributed by atoms with E-state index in [1.165, 1.54) is 0 Å². The summed E-state index contributed by atoms with van der Waals surface area (Å²) in [6, 6.07) is 3.54. The monoisotopic (exact) mass is 348 g/mol. The number of rotatable bonds is 4. The molecule has 0 fully saturated rings. The SMILES string of the molecule is CCOC(=O)Cc1c(Br)ccc(Br)c1C=O. The predicted octanol–water partition coefficient (Wildman–Crippen LogP) is 3.13. The molecule has 0 bridgehead atoms. The molecule has 1 rings (SSSR count). The minimum Gasteiger partial charge on any atom is -0.466 e. The molecule has 0 aliphatic rings. The van der Waals surface area contributed by atoms with Gasteiger partial charge in [0, 0.05) is 14.5 Å². The zero-order valence-electron chi connectivity index (χ0n) is 8.63. The largest absolute Gasteiger partial charge is 0.466 e. The lowest BCUT2D eigenvalue weighted by atomic mass is 10.1. The number of hydrogen-bond donors (Lipinski definition) is 0. The maximum atomic E-state index is 11.4. The Balaban J connectivity index is 3.06. The molecule has 16 heavy (non-hydrogen) atoms. The van der Waals surface area contributed by atoms with E-state index in [9.17, 15) is 9.59 Å². The Morgan fingerprint density at radius 3 is 2.56 bits per heavy atom. The van der Waals surface area contributed by atoms with Gasteiger partial charge in [-0.2, -0.15) is 0 Å². The van der Waals surface area contributed by atoms with Crippen LogP contribution in [0.2, 0.25) is 0 Å². The van der Waals surface area contributed by atoms with Crippen molar-refractivity contribution in [3.8, 4) is 0 Å². The first-order valence-electron chi connectivity index (χ1n) is 4.67. The van der Waals surface area contributed by atoms with E-state index in [-0.39, 0.29) is 12.4 Å². The van der Waals surface area contributed by atoms with Crippen molar-refractivity contribution in [1.82, 2.24) is 0 Å². The second kappa shape index (κ2) is 6.15.